The van der Waals surface area contributed by atoms with E-state index < -0.39 is 0 Å². The van der Waals surface area contributed by atoms with E-state index in [2.05, 4.69) is 56.6 Å². The number of hydrogen-bond donors (Lipinski definition) is 2. The largest absolute Gasteiger partial charge is 0.461 e. The van der Waals surface area contributed by atoms with Crippen molar-refractivity contribution in [1.82, 2.24) is 20.5 Å². The number of aliphatic imine (C=N–C) groups is 1. The van der Waals surface area contributed by atoms with Gasteiger partial charge in [0.25, 0.3) is 0 Å². The van der Waals surface area contributed by atoms with E-state index in [1.807, 2.05) is 12.1 Å². The van der Waals surface area contributed by atoms with Gasteiger partial charge < -0.3 is 14.6 Å². The first-order valence-electron chi connectivity index (χ1n) is 8.44. The Kier molecular flexibility index (Phi) is 5.92. The van der Waals surface area contributed by atoms with Crippen molar-refractivity contribution in [3.8, 4) is 11.6 Å². The van der Waals surface area contributed by atoms with Crippen molar-refractivity contribution in [3.05, 3.63) is 54.0 Å². The molecule has 0 fully saturated rings. The van der Waals surface area contributed by atoms with E-state index in [-0.39, 0.29) is 24.0 Å². The number of furan rings is 1. The third kappa shape index (κ3) is 3.74. The molecule has 1 aliphatic heterocycles. The molecule has 0 saturated heterocycles. The molecule has 0 aliphatic carbocycles. The molecular weight excluding hydrogens is 443 g/mol. The highest BCUT2D eigenvalue weighted by atomic mass is 127. The molecular formula is C18H21IN6O. The van der Waals surface area contributed by atoms with Crippen LogP contribution in [0.1, 0.15) is 18.3 Å². The fourth-order valence-corrected chi connectivity index (χ4v) is 2.98. The third-order valence-corrected chi connectivity index (χ3v) is 4.13. The summed E-state index contributed by atoms with van der Waals surface area (Å²) in [5, 5.41) is 10.5. The fourth-order valence-electron chi connectivity index (χ4n) is 2.98. The van der Waals surface area contributed by atoms with E-state index >= 15 is 0 Å². The fraction of sp³-hybridized carbons (Fsp3) is 0.278. The maximum atomic E-state index is 5.32. The summed E-state index contributed by atoms with van der Waals surface area (Å²) >= 11 is 0. The molecule has 1 aliphatic rings. The molecule has 4 rings (SSSR count). The normalized spacial score (nSPS) is 13.4. The Hall–Kier alpha value is -2.36. The van der Waals surface area contributed by atoms with Crippen LogP contribution in [0.5, 0.6) is 0 Å². The standard InChI is InChI=1S/C18H20N6O.HI/c1-2-19-18(24-10-9-13-6-3-4-7-14(13)24)20-12-16-21-17(23-22-16)15-8-5-11-25-15;/h3-8,11H,2,9-10,12H2,1H3,(H,19,20)(H,21,22,23);1H. The smallest absolute Gasteiger partial charge is 0.216 e. The molecule has 0 atom stereocenters. The van der Waals surface area contributed by atoms with Crippen molar-refractivity contribution >= 4 is 35.6 Å². The summed E-state index contributed by atoms with van der Waals surface area (Å²) in [4.78, 5) is 11.4. The van der Waals surface area contributed by atoms with Crippen LogP contribution in [0, 0.1) is 0 Å². The lowest BCUT2D eigenvalue weighted by Crippen LogP contribution is -2.40. The molecule has 8 heteroatoms. The molecule has 26 heavy (non-hydrogen) atoms. The number of guanidine groups is 1. The zero-order valence-electron chi connectivity index (χ0n) is 14.5. The minimum absolute atomic E-state index is 0. The van der Waals surface area contributed by atoms with Crippen LogP contribution in [-0.4, -0.2) is 34.2 Å². The minimum atomic E-state index is 0. The number of benzene rings is 1. The monoisotopic (exact) mass is 464 g/mol. The Bertz CT molecular complexity index is 873. The van der Waals surface area contributed by atoms with Crippen molar-refractivity contribution < 1.29 is 4.42 Å². The predicted molar refractivity (Wildman–Crippen MR) is 112 cm³/mol. The van der Waals surface area contributed by atoms with Crippen LogP contribution < -0.4 is 10.2 Å². The maximum absolute atomic E-state index is 5.32. The highest BCUT2D eigenvalue weighted by molar-refractivity contribution is 14.0. The number of halogens is 1. The van der Waals surface area contributed by atoms with Crippen LogP contribution in [0.3, 0.4) is 0 Å². The van der Waals surface area contributed by atoms with Gasteiger partial charge in [-0.05, 0) is 37.1 Å². The second-order valence-electron chi connectivity index (χ2n) is 5.78. The van der Waals surface area contributed by atoms with E-state index in [0.29, 0.717) is 24.0 Å². The van der Waals surface area contributed by atoms with Crippen LogP contribution in [0.25, 0.3) is 11.6 Å². The van der Waals surface area contributed by atoms with Gasteiger partial charge in [0.2, 0.25) is 5.82 Å². The Labute approximate surface area is 168 Å². The lowest BCUT2D eigenvalue weighted by atomic mass is 10.2. The number of aromatic amines is 1. The third-order valence-electron chi connectivity index (χ3n) is 4.13. The Morgan fingerprint density at radius 1 is 1.31 bits per heavy atom. The summed E-state index contributed by atoms with van der Waals surface area (Å²) in [6, 6.07) is 12.1. The van der Waals surface area contributed by atoms with Gasteiger partial charge in [-0.2, -0.15) is 0 Å². The summed E-state index contributed by atoms with van der Waals surface area (Å²) < 4.78 is 5.32. The molecule has 2 aromatic heterocycles. The predicted octanol–water partition coefficient (Wildman–Crippen LogP) is 3.21. The number of anilines is 1. The summed E-state index contributed by atoms with van der Waals surface area (Å²) in [6.07, 6.45) is 2.64. The first-order chi connectivity index (χ1) is 12.3. The number of nitrogens with one attached hydrogen (secondary N) is 2. The van der Waals surface area contributed by atoms with Gasteiger partial charge in [-0.25, -0.2) is 9.98 Å². The summed E-state index contributed by atoms with van der Waals surface area (Å²) in [7, 11) is 0. The van der Waals surface area contributed by atoms with Gasteiger partial charge in [0.15, 0.2) is 11.7 Å². The Balaban J connectivity index is 0.00000196. The van der Waals surface area contributed by atoms with Gasteiger partial charge in [0, 0.05) is 18.8 Å². The van der Waals surface area contributed by atoms with Crippen molar-refractivity contribution in [2.24, 2.45) is 4.99 Å². The van der Waals surface area contributed by atoms with Crippen molar-refractivity contribution in [2.45, 2.75) is 19.9 Å². The van der Waals surface area contributed by atoms with Crippen molar-refractivity contribution in [2.75, 3.05) is 18.0 Å². The van der Waals surface area contributed by atoms with Crippen LogP contribution in [0.2, 0.25) is 0 Å². The molecule has 1 aromatic carbocycles. The van der Waals surface area contributed by atoms with Gasteiger partial charge in [-0.15, -0.1) is 29.1 Å². The van der Waals surface area contributed by atoms with Gasteiger partial charge in [0.05, 0.1) is 6.26 Å². The van der Waals surface area contributed by atoms with E-state index in [1.165, 1.54) is 11.3 Å². The second-order valence-corrected chi connectivity index (χ2v) is 5.78. The molecule has 0 saturated carbocycles. The Morgan fingerprint density at radius 3 is 3.00 bits per heavy atom. The first kappa shape index (κ1) is 18.4. The van der Waals surface area contributed by atoms with Gasteiger partial charge in [-0.1, -0.05) is 18.2 Å². The topological polar surface area (TPSA) is 82.3 Å². The lowest BCUT2D eigenvalue weighted by Gasteiger charge is -2.22. The molecule has 0 bridgehead atoms. The molecule has 136 valence electrons. The maximum Gasteiger partial charge on any atom is 0.216 e. The molecule has 7 nitrogen and oxygen atoms in total. The summed E-state index contributed by atoms with van der Waals surface area (Å²) in [6.45, 7) is 4.24. The lowest BCUT2D eigenvalue weighted by molar-refractivity contribution is 0.577. The Morgan fingerprint density at radius 2 is 2.19 bits per heavy atom. The number of fused-ring (bicyclic) bond motifs is 1. The number of para-hydroxylation sites is 1. The van der Waals surface area contributed by atoms with E-state index in [1.54, 1.807) is 6.26 Å². The molecule has 0 unspecified atom stereocenters. The molecule has 3 heterocycles. The zero-order valence-corrected chi connectivity index (χ0v) is 16.8. The molecule has 0 radical (unpaired) electrons. The van der Waals surface area contributed by atoms with Crippen molar-refractivity contribution in [1.29, 1.82) is 0 Å². The van der Waals surface area contributed by atoms with E-state index in [0.717, 1.165) is 25.5 Å². The van der Waals surface area contributed by atoms with Crippen molar-refractivity contribution in [3.63, 3.8) is 0 Å². The van der Waals surface area contributed by atoms with Crippen LogP contribution in [-0.2, 0) is 13.0 Å². The van der Waals surface area contributed by atoms with Crippen LogP contribution in [0.4, 0.5) is 5.69 Å². The zero-order chi connectivity index (χ0) is 17.1. The minimum Gasteiger partial charge on any atom is -0.461 e. The number of nitrogens with zero attached hydrogens (tertiary/aromatic N) is 4. The SMILES string of the molecule is CCNC(=NCc1nc(-c2ccco2)n[nH]1)N1CCc2ccccc21.I. The number of hydrogen-bond acceptors (Lipinski definition) is 4. The highest BCUT2D eigenvalue weighted by Gasteiger charge is 2.22. The average molecular weight is 464 g/mol. The first-order valence-corrected chi connectivity index (χ1v) is 8.44. The highest BCUT2D eigenvalue weighted by Crippen LogP contribution is 2.27. The van der Waals surface area contributed by atoms with E-state index in [9.17, 15) is 0 Å². The molecule has 0 amide bonds. The van der Waals surface area contributed by atoms with Crippen LogP contribution in [0.15, 0.2) is 52.1 Å². The van der Waals surface area contributed by atoms with Crippen LogP contribution >= 0.6 is 24.0 Å². The average Bonchev–Trinajstić information content (AvgIpc) is 3.38. The van der Waals surface area contributed by atoms with E-state index in [4.69, 9.17) is 9.41 Å². The summed E-state index contributed by atoms with van der Waals surface area (Å²) in [5.74, 6) is 2.76. The quantitative estimate of drug-likeness (QED) is 0.352. The molecule has 0 spiro atoms. The number of aromatic nitrogens is 3. The molecule has 3 aromatic rings. The number of H-pyrrole nitrogens is 1. The second kappa shape index (κ2) is 8.35. The summed E-state index contributed by atoms with van der Waals surface area (Å²) in [5.41, 5.74) is 2.57. The number of rotatable bonds is 4. The molecule has 2 N–H and O–H groups in total. The van der Waals surface area contributed by atoms with Gasteiger partial charge in [-0.3, -0.25) is 5.10 Å². The van der Waals surface area contributed by atoms with Gasteiger partial charge >= 0.3 is 0 Å². The van der Waals surface area contributed by atoms with Gasteiger partial charge in [0.1, 0.15) is 12.4 Å².